The average molecular weight is 354 g/mol. The lowest BCUT2D eigenvalue weighted by Crippen LogP contribution is -2.19. The Balaban J connectivity index is 1.88. The first-order chi connectivity index (χ1) is 12.6. The molecule has 7 nitrogen and oxygen atoms in total. The second kappa shape index (κ2) is 6.48. The number of aromatic nitrogens is 4. The van der Waals surface area contributed by atoms with E-state index in [1.807, 2.05) is 11.6 Å². The van der Waals surface area contributed by atoms with Crippen LogP contribution >= 0.6 is 0 Å². The number of phenolic OH excluding ortho intramolecular Hbond substituents is 1. The molecule has 1 saturated carbocycles. The minimum absolute atomic E-state index is 0.0929. The highest BCUT2D eigenvalue weighted by molar-refractivity contribution is 5.79. The van der Waals surface area contributed by atoms with E-state index in [4.69, 9.17) is 4.74 Å². The third kappa shape index (κ3) is 2.73. The molecular weight excluding hydrogens is 332 g/mol. The summed E-state index contributed by atoms with van der Waals surface area (Å²) in [5.74, 6) is 0.950. The Bertz CT molecular complexity index is 1020. The van der Waals surface area contributed by atoms with Crippen LogP contribution < -0.4 is 10.3 Å². The number of nitrogens with zero attached hydrogens (tertiary/aromatic N) is 3. The van der Waals surface area contributed by atoms with Gasteiger partial charge in [-0.15, -0.1) is 0 Å². The molecule has 0 bridgehead atoms. The number of fused-ring (bicyclic) bond motifs is 1. The predicted octanol–water partition coefficient (Wildman–Crippen LogP) is 3.31. The lowest BCUT2D eigenvalue weighted by Gasteiger charge is -2.22. The first-order valence-corrected chi connectivity index (χ1v) is 8.95. The summed E-state index contributed by atoms with van der Waals surface area (Å²) in [6.45, 7) is 1.88. The van der Waals surface area contributed by atoms with E-state index in [-0.39, 0.29) is 17.4 Å². The van der Waals surface area contributed by atoms with Crippen LogP contribution in [-0.4, -0.2) is 32.0 Å². The van der Waals surface area contributed by atoms with Gasteiger partial charge in [0.2, 0.25) is 0 Å². The maximum Gasteiger partial charge on any atom is 0.277 e. The lowest BCUT2D eigenvalue weighted by atomic mass is 9.95. The number of rotatable bonds is 3. The summed E-state index contributed by atoms with van der Waals surface area (Å²) in [6, 6.07) is 4.98. The molecular formula is C19H22N4O3. The van der Waals surface area contributed by atoms with E-state index in [9.17, 15) is 9.90 Å². The molecule has 1 fully saturated rings. The zero-order chi connectivity index (χ0) is 18.3. The SMILES string of the molecule is COc1cc(O)ccc1-c1nc2c(C)nn(C3CCCCC3)c2c(=O)[nH]1. The summed E-state index contributed by atoms with van der Waals surface area (Å²) >= 11 is 0. The van der Waals surface area contributed by atoms with Crippen molar-refractivity contribution in [2.24, 2.45) is 0 Å². The first-order valence-electron chi connectivity index (χ1n) is 8.95. The van der Waals surface area contributed by atoms with Gasteiger partial charge in [-0.25, -0.2) is 4.98 Å². The van der Waals surface area contributed by atoms with E-state index in [0.717, 1.165) is 18.5 Å². The fourth-order valence-corrected chi connectivity index (χ4v) is 3.78. The highest BCUT2D eigenvalue weighted by atomic mass is 16.5. The Morgan fingerprint density at radius 3 is 2.77 bits per heavy atom. The van der Waals surface area contributed by atoms with Gasteiger partial charge in [-0.1, -0.05) is 19.3 Å². The fourth-order valence-electron chi connectivity index (χ4n) is 3.78. The molecule has 26 heavy (non-hydrogen) atoms. The van der Waals surface area contributed by atoms with Crippen molar-refractivity contribution >= 4 is 11.0 Å². The molecule has 0 amide bonds. The number of phenols is 1. The zero-order valence-electron chi connectivity index (χ0n) is 15.0. The van der Waals surface area contributed by atoms with Crippen molar-refractivity contribution in [3.05, 3.63) is 34.2 Å². The standard InChI is InChI=1S/C19H22N4O3/c1-11-16-17(23(22-11)12-6-4-3-5-7-12)19(25)21-18(20-16)14-9-8-13(24)10-15(14)26-2/h8-10,12,24H,3-7H2,1-2H3,(H,20,21,25). The van der Waals surface area contributed by atoms with Gasteiger partial charge in [0, 0.05) is 6.07 Å². The molecule has 136 valence electrons. The van der Waals surface area contributed by atoms with Crippen molar-refractivity contribution in [3.8, 4) is 22.9 Å². The predicted molar refractivity (Wildman–Crippen MR) is 98.7 cm³/mol. The van der Waals surface area contributed by atoms with E-state index in [1.54, 1.807) is 12.1 Å². The number of aromatic hydroxyl groups is 1. The molecule has 0 aliphatic heterocycles. The summed E-state index contributed by atoms with van der Waals surface area (Å²) < 4.78 is 7.19. The summed E-state index contributed by atoms with van der Waals surface area (Å²) in [7, 11) is 1.52. The normalized spacial score (nSPS) is 15.5. The number of methoxy groups -OCH3 is 1. The second-order valence-corrected chi connectivity index (χ2v) is 6.82. The fraction of sp³-hybridized carbons (Fsp3) is 0.421. The van der Waals surface area contributed by atoms with E-state index in [0.29, 0.717) is 28.2 Å². The summed E-state index contributed by atoms with van der Waals surface area (Å²) in [4.78, 5) is 20.4. The third-order valence-corrected chi connectivity index (χ3v) is 5.09. The quantitative estimate of drug-likeness (QED) is 0.753. The van der Waals surface area contributed by atoms with Gasteiger partial charge >= 0.3 is 0 Å². The Morgan fingerprint density at radius 1 is 1.27 bits per heavy atom. The van der Waals surface area contributed by atoms with Gasteiger partial charge in [0.15, 0.2) is 5.52 Å². The van der Waals surface area contributed by atoms with Gasteiger partial charge in [-0.2, -0.15) is 5.10 Å². The minimum Gasteiger partial charge on any atom is -0.508 e. The van der Waals surface area contributed by atoms with Crippen LogP contribution in [0.25, 0.3) is 22.4 Å². The van der Waals surface area contributed by atoms with Gasteiger partial charge in [0.25, 0.3) is 5.56 Å². The van der Waals surface area contributed by atoms with Crippen LogP contribution in [0.15, 0.2) is 23.0 Å². The van der Waals surface area contributed by atoms with Crippen LogP contribution in [0.3, 0.4) is 0 Å². The highest BCUT2D eigenvalue weighted by Crippen LogP contribution is 2.33. The number of hydrogen-bond acceptors (Lipinski definition) is 5. The van der Waals surface area contributed by atoms with Crippen molar-refractivity contribution in [2.45, 2.75) is 45.1 Å². The Labute approximate surface area is 150 Å². The molecule has 0 unspecified atom stereocenters. The monoisotopic (exact) mass is 354 g/mol. The average Bonchev–Trinajstić information content (AvgIpc) is 2.99. The summed E-state index contributed by atoms with van der Waals surface area (Å²) in [6.07, 6.45) is 5.67. The molecule has 0 radical (unpaired) electrons. The number of H-pyrrole nitrogens is 1. The minimum atomic E-state index is -0.202. The molecule has 1 aliphatic rings. The van der Waals surface area contributed by atoms with Gasteiger partial charge in [0.05, 0.1) is 24.4 Å². The molecule has 2 heterocycles. The van der Waals surface area contributed by atoms with Crippen molar-refractivity contribution in [1.82, 2.24) is 19.7 Å². The summed E-state index contributed by atoms with van der Waals surface area (Å²) in [5.41, 5.74) is 2.32. The van der Waals surface area contributed by atoms with E-state index >= 15 is 0 Å². The Morgan fingerprint density at radius 2 is 2.04 bits per heavy atom. The van der Waals surface area contributed by atoms with Crippen LogP contribution in [0, 0.1) is 6.92 Å². The van der Waals surface area contributed by atoms with Crippen LogP contribution in [0.5, 0.6) is 11.5 Å². The number of aromatic amines is 1. The van der Waals surface area contributed by atoms with E-state index in [1.165, 1.54) is 32.4 Å². The molecule has 1 aromatic carbocycles. The smallest absolute Gasteiger partial charge is 0.277 e. The lowest BCUT2D eigenvalue weighted by molar-refractivity contribution is 0.336. The molecule has 4 rings (SSSR count). The van der Waals surface area contributed by atoms with E-state index < -0.39 is 0 Å². The van der Waals surface area contributed by atoms with Crippen molar-refractivity contribution in [3.63, 3.8) is 0 Å². The number of hydrogen-bond donors (Lipinski definition) is 2. The van der Waals surface area contributed by atoms with Gasteiger partial charge in [0.1, 0.15) is 22.8 Å². The van der Waals surface area contributed by atoms with Crippen LogP contribution in [0.1, 0.15) is 43.8 Å². The van der Waals surface area contributed by atoms with Crippen molar-refractivity contribution in [2.75, 3.05) is 7.11 Å². The molecule has 2 N–H and O–H groups in total. The number of aryl methyl sites for hydroxylation is 1. The molecule has 0 spiro atoms. The Hall–Kier alpha value is -2.83. The number of benzene rings is 1. The first kappa shape index (κ1) is 16.6. The zero-order valence-corrected chi connectivity index (χ0v) is 15.0. The van der Waals surface area contributed by atoms with Crippen LogP contribution in [0.2, 0.25) is 0 Å². The molecule has 1 aliphatic carbocycles. The van der Waals surface area contributed by atoms with Crippen molar-refractivity contribution in [1.29, 1.82) is 0 Å². The molecule has 0 saturated heterocycles. The van der Waals surface area contributed by atoms with Crippen LogP contribution in [-0.2, 0) is 0 Å². The molecule has 7 heteroatoms. The Kier molecular flexibility index (Phi) is 4.14. The number of ether oxygens (including phenoxy) is 1. The molecule has 0 atom stereocenters. The second-order valence-electron chi connectivity index (χ2n) is 6.82. The largest absolute Gasteiger partial charge is 0.508 e. The number of nitrogens with one attached hydrogen (secondary N) is 1. The van der Waals surface area contributed by atoms with Crippen LogP contribution in [0.4, 0.5) is 0 Å². The molecule has 3 aromatic rings. The van der Waals surface area contributed by atoms with E-state index in [2.05, 4.69) is 15.1 Å². The molecule has 2 aromatic heterocycles. The van der Waals surface area contributed by atoms with Gasteiger partial charge in [-0.05, 0) is 31.9 Å². The maximum absolute atomic E-state index is 12.9. The van der Waals surface area contributed by atoms with Gasteiger partial charge in [-0.3, -0.25) is 9.48 Å². The topological polar surface area (TPSA) is 93.0 Å². The van der Waals surface area contributed by atoms with Gasteiger partial charge < -0.3 is 14.8 Å². The summed E-state index contributed by atoms with van der Waals surface area (Å²) in [5, 5.41) is 14.3. The van der Waals surface area contributed by atoms with Crippen molar-refractivity contribution < 1.29 is 9.84 Å². The third-order valence-electron chi connectivity index (χ3n) is 5.09. The maximum atomic E-state index is 12.9. The highest BCUT2D eigenvalue weighted by Gasteiger charge is 2.23.